The Labute approximate surface area is 140 Å². The molecule has 0 radical (unpaired) electrons. The molecule has 1 aromatic heterocycles. The SMILES string of the molecule is CCOC(=O)c1cnc(NCCCOc2ccccc2)c(Cl)c1. The van der Waals surface area contributed by atoms with E-state index in [9.17, 15) is 4.79 Å². The molecule has 0 amide bonds. The molecule has 23 heavy (non-hydrogen) atoms. The molecule has 1 heterocycles. The number of carbonyl (C=O) groups excluding carboxylic acids is 1. The van der Waals surface area contributed by atoms with E-state index in [0.717, 1.165) is 12.2 Å². The maximum atomic E-state index is 11.6. The van der Waals surface area contributed by atoms with Gasteiger partial charge in [0, 0.05) is 12.7 Å². The monoisotopic (exact) mass is 334 g/mol. The van der Waals surface area contributed by atoms with E-state index in [4.69, 9.17) is 21.1 Å². The van der Waals surface area contributed by atoms with Crippen LogP contribution in [0.4, 0.5) is 5.82 Å². The highest BCUT2D eigenvalue weighted by molar-refractivity contribution is 6.33. The van der Waals surface area contributed by atoms with Gasteiger partial charge in [0.1, 0.15) is 11.6 Å². The number of nitrogens with one attached hydrogen (secondary N) is 1. The Morgan fingerprint density at radius 1 is 1.30 bits per heavy atom. The third kappa shape index (κ3) is 5.45. The van der Waals surface area contributed by atoms with Crippen molar-refractivity contribution in [3.05, 3.63) is 53.2 Å². The molecule has 0 aliphatic carbocycles. The molecule has 1 N–H and O–H groups in total. The first kappa shape index (κ1) is 17.1. The second-order valence-electron chi connectivity index (χ2n) is 4.72. The van der Waals surface area contributed by atoms with Gasteiger partial charge < -0.3 is 14.8 Å². The second kappa shape index (κ2) is 9.00. The van der Waals surface area contributed by atoms with Crippen LogP contribution in [0.2, 0.25) is 5.02 Å². The van der Waals surface area contributed by atoms with Crippen molar-refractivity contribution in [1.29, 1.82) is 0 Å². The molecule has 0 fully saturated rings. The maximum absolute atomic E-state index is 11.6. The maximum Gasteiger partial charge on any atom is 0.339 e. The minimum atomic E-state index is -0.426. The molecule has 5 nitrogen and oxygen atoms in total. The number of ether oxygens (including phenoxy) is 2. The second-order valence-corrected chi connectivity index (χ2v) is 5.12. The summed E-state index contributed by atoms with van der Waals surface area (Å²) in [6.07, 6.45) is 2.25. The van der Waals surface area contributed by atoms with Crippen molar-refractivity contribution in [3.63, 3.8) is 0 Å². The van der Waals surface area contributed by atoms with E-state index in [-0.39, 0.29) is 0 Å². The van der Waals surface area contributed by atoms with Crippen molar-refractivity contribution in [2.45, 2.75) is 13.3 Å². The predicted molar refractivity (Wildman–Crippen MR) is 90.2 cm³/mol. The number of esters is 1. The van der Waals surface area contributed by atoms with Crippen LogP contribution in [0.3, 0.4) is 0 Å². The Kier molecular flexibility index (Phi) is 6.69. The lowest BCUT2D eigenvalue weighted by Crippen LogP contribution is -2.10. The smallest absolute Gasteiger partial charge is 0.339 e. The average Bonchev–Trinajstić information content (AvgIpc) is 2.57. The number of pyridine rings is 1. The van der Waals surface area contributed by atoms with E-state index in [1.165, 1.54) is 6.20 Å². The fraction of sp³-hybridized carbons (Fsp3) is 0.294. The van der Waals surface area contributed by atoms with Gasteiger partial charge in [0.25, 0.3) is 0 Å². The van der Waals surface area contributed by atoms with Crippen LogP contribution < -0.4 is 10.1 Å². The highest BCUT2D eigenvalue weighted by Crippen LogP contribution is 2.20. The van der Waals surface area contributed by atoms with Crippen molar-refractivity contribution in [2.75, 3.05) is 25.1 Å². The molecule has 0 bridgehead atoms. The number of rotatable bonds is 8. The molecular weight excluding hydrogens is 316 g/mol. The van der Waals surface area contributed by atoms with Crippen LogP contribution in [0.5, 0.6) is 5.75 Å². The van der Waals surface area contributed by atoms with E-state index in [1.807, 2.05) is 30.3 Å². The van der Waals surface area contributed by atoms with Gasteiger partial charge in [-0.1, -0.05) is 29.8 Å². The molecule has 1 aromatic carbocycles. The van der Waals surface area contributed by atoms with Crippen LogP contribution in [0.15, 0.2) is 42.6 Å². The van der Waals surface area contributed by atoms with Gasteiger partial charge in [0.15, 0.2) is 0 Å². The number of para-hydroxylation sites is 1. The molecule has 0 spiro atoms. The summed E-state index contributed by atoms with van der Waals surface area (Å²) in [6.45, 7) is 3.33. The molecular formula is C17H19ClN2O3. The molecule has 0 unspecified atom stereocenters. The fourth-order valence-corrected chi connectivity index (χ4v) is 2.11. The van der Waals surface area contributed by atoms with Gasteiger partial charge >= 0.3 is 5.97 Å². The fourth-order valence-electron chi connectivity index (χ4n) is 1.88. The Hall–Kier alpha value is -2.27. The highest BCUT2D eigenvalue weighted by atomic mass is 35.5. The van der Waals surface area contributed by atoms with Gasteiger partial charge in [0.2, 0.25) is 0 Å². The molecule has 6 heteroatoms. The molecule has 2 rings (SSSR count). The first-order chi connectivity index (χ1) is 11.2. The minimum Gasteiger partial charge on any atom is -0.494 e. The third-order valence-corrected chi connectivity index (χ3v) is 3.27. The quantitative estimate of drug-likeness (QED) is 0.588. The summed E-state index contributed by atoms with van der Waals surface area (Å²) in [5, 5.41) is 3.51. The predicted octanol–water partition coefficient (Wildman–Crippen LogP) is 3.79. The number of halogens is 1. The van der Waals surface area contributed by atoms with Crippen molar-refractivity contribution in [1.82, 2.24) is 4.98 Å². The van der Waals surface area contributed by atoms with Gasteiger partial charge in [-0.25, -0.2) is 9.78 Å². The number of aromatic nitrogens is 1. The zero-order valence-corrected chi connectivity index (χ0v) is 13.7. The summed E-state index contributed by atoms with van der Waals surface area (Å²) in [4.78, 5) is 15.7. The van der Waals surface area contributed by atoms with Crippen LogP contribution in [0, 0.1) is 0 Å². The Balaban J connectivity index is 1.76. The summed E-state index contributed by atoms with van der Waals surface area (Å²) in [6, 6.07) is 11.2. The van der Waals surface area contributed by atoms with Gasteiger partial charge in [-0.05, 0) is 31.5 Å². The Morgan fingerprint density at radius 2 is 2.09 bits per heavy atom. The molecule has 0 atom stereocenters. The largest absolute Gasteiger partial charge is 0.494 e. The van der Waals surface area contributed by atoms with Crippen LogP contribution in [-0.2, 0) is 4.74 Å². The molecule has 0 aliphatic heterocycles. The van der Waals surface area contributed by atoms with Gasteiger partial charge in [0.05, 0.1) is 23.8 Å². The zero-order chi connectivity index (χ0) is 16.5. The average molecular weight is 335 g/mol. The molecule has 2 aromatic rings. The van der Waals surface area contributed by atoms with Gasteiger partial charge in [-0.2, -0.15) is 0 Å². The molecule has 0 saturated heterocycles. The lowest BCUT2D eigenvalue weighted by atomic mass is 10.3. The summed E-state index contributed by atoms with van der Waals surface area (Å²) in [5.74, 6) is 0.964. The molecule has 122 valence electrons. The van der Waals surface area contributed by atoms with Crippen molar-refractivity contribution >= 4 is 23.4 Å². The van der Waals surface area contributed by atoms with Crippen LogP contribution in [0.1, 0.15) is 23.7 Å². The number of anilines is 1. The number of nitrogens with zero attached hydrogens (tertiary/aromatic N) is 1. The lowest BCUT2D eigenvalue weighted by molar-refractivity contribution is 0.0526. The first-order valence-corrected chi connectivity index (χ1v) is 7.83. The van der Waals surface area contributed by atoms with E-state index in [2.05, 4.69) is 10.3 Å². The molecule has 0 saturated carbocycles. The van der Waals surface area contributed by atoms with Crippen molar-refractivity contribution in [3.8, 4) is 5.75 Å². The lowest BCUT2D eigenvalue weighted by Gasteiger charge is -2.09. The zero-order valence-electron chi connectivity index (χ0n) is 12.9. The highest BCUT2D eigenvalue weighted by Gasteiger charge is 2.10. The van der Waals surface area contributed by atoms with Gasteiger partial charge in [-0.3, -0.25) is 0 Å². The number of hydrogen-bond donors (Lipinski definition) is 1. The summed E-state index contributed by atoms with van der Waals surface area (Å²) >= 11 is 6.12. The topological polar surface area (TPSA) is 60.5 Å². The Bertz CT molecular complexity index is 635. The van der Waals surface area contributed by atoms with E-state index < -0.39 is 5.97 Å². The first-order valence-electron chi connectivity index (χ1n) is 7.45. The van der Waals surface area contributed by atoms with E-state index >= 15 is 0 Å². The standard InChI is InChI=1S/C17H19ClN2O3/c1-2-22-17(21)13-11-15(18)16(20-12-13)19-9-6-10-23-14-7-4-3-5-8-14/h3-5,7-8,11-12H,2,6,9-10H2,1H3,(H,19,20). The van der Waals surface area contributed by atoms with Gasteiger partial charge in [-0.15, -0.1) is 0 Å². The third-order valence-electron chi connectivity index (χ3n) is 2.98. The number of benzene rings is 1. The molecule has 0 aliphatic rings. The summed E-state index contributed by atoms with van der Waals surface area (Å²) in [7, 11) is 0. The summed E-state index contributed by atoms with van der Waals surface area (Å²) in [5.41, 5.74) is 0.342. The minimum absolute atomic E-state index is 0.317. The number of hydrogen-bond acceptors (Lipinski definition) is 5. The van der Waals surface area contributed by atoms with Crippen LogP contribution in [0.25, 0.3) is 0 Å². The Morgan fingerprint density at radius 3 is 2.78 bits per heavy atom. The van der Waals surface area contributed by atoms with E-state index in [0.29, 0.717) is 36.2 Å². The van der Waals surface area contributed by atoms with E-state index in [1.54, 1.807) is 13.0 Å². The number of carbonyl (C=O) groups is 1. The summed E-state index contributed by atoms with van der Waals surface area (Å²) < 4.78 is 10.5. The normalized spacial score (nSPS) is 10.2. The van der Waals surface area contributed by atoms with Crippen LogP contribution >= 0.6 is 11.6 Å². The van der Waals surface area contributed by atoms with Crippen molar-refractivity contribution in [2.24, 2.45) is 0 Å². The van der Waals surface area contributed by atoms with Crippen LogP contribution in [-0.4, -0.2) is 30.7 Å². The van der Waals surface area contributed by atoms with Crippen molar-refractivity contribution < 1.29 is 14.3 Å².